The summed E-state index contributed by atoms with van der Waals surface area (Å²) in [5.41, 5.74) is 2.75. The SMILES string of the molecule is CC([B]C1CCC1)COCCC(c1ccccc1)c1ccccc1. The minimum Gasteiger partial charge on any atom is -0.382 e. The van der Waals surface area contributed by atoms with Crippen LogP contribution in [-0.4, -0.2) is 20.5 Å². The van der Waals surface area contributed by atoms with Crippen LogP contribution in [0.4, 0.5) is 0 Å². The summed E-state index contributed by atoms with van der Waals surface area (Å²) in [6.07, 6.45) is 5.21. The van der Waals surface area contributed by atoms with E-state index in [4.69, 9.17) is 4.74 Å². The lowest BCUT2D eigenvalue weighted by Crippen LogP contribution is -2.19. The summed E-state index contributed by atoms with van der Waals surface area (Å²) in [6, 6.07) is 21.6. The molecular weight excluding hydrogens is 291 g/mol. The first-order valence-electron chi connectivity index (χ1n) is 9.35. The van der Waals surface area contributed by atoms with Crippen molar-refractivity contribution in [1.82, 2.24) is 0 Å². The summed E-state index contributed by atoms with van der Waals surface area (Å²) in [5, 5.41) is 0. The van der Waals surface area contributed by atoms with Crippen LogP contribution in [0.15, 0.2) is 60.7 Å². The zero-order valence-corrected chi connectivity index (χ0v) is 14.7. The molecule has 2 aromatic carbocycles. The van der Waals surface area contributed by atoms with Crippen LogP contribution in [-0.2, 0) is 4.74 Å². The van der Waals surface area contributed by atoms with Crippen LogP contribution in [0.25, 0.3) is 0 Å². The van der Waals surface area contributed by atoms with E-state index in [1.807, 2.05) is 0 Å². The Kier molecular flexibility index (Phi) is 6.54. The number of hydrogen-bond donors (Lipinski definition) is 0. The molecule has 1 aliphatic carbocycles. The van der Waals surface area contributed by atoms with Gasteiger partial charge in [0, 0.05) is 19.1 Å². The minimum absolute atomic E-state index is 0.415. The molecule has 3 rings (SSSR count). The molecule has 1 nitrogen and oxygen atoms in total. The first-order chi connectivity index (χ1) is 11.8. The minimum atomic E-state index is 0.415. The smallest absolute Gasteiger partial charge is 0.120 e. The number of benzene rings is 2. The van der Waals surface area contributed by atoms with Crippen molar-refractivity contribution in [2.75, 3.05) is 13.2 Å². The van der Waals surface area contributed by atoms with Gasteiger partial charge >= 0.3 is 0 Å². The summed E-state index contributed by atoms with van der Waals surface area (Å²) in [6.45, 7) is 3.95. The second-order valence-electron chi connectivity index (χ2n) is 7.10. The number of hydrogen-bond acceptors (Lipinski definition) is 1. The Morgan fingerprint density at radius 1 is 0.958 bits per heavy atom. The molecule has 0 bridgehead atoms. The maximum Gasteiger partial charge on any atom is 0.120 e. The van der Waals surface area contributed by atoms with Crippen LogP contribution in [0.3, 0.4) is 0 Å². The molecule has 24 heavy (non-hydrogen) atoms. The van der Waals surface area contributed by atoms with Crippen molar-refractivity contribution in [3.8, 4) is 0 Å². The topological polar surface area (TPSA) is 9.23 Å². The van der Waals surface area contributed by atoms with Crippen LogP contribution in [0.2, 0.25) is 11.6 Å². The molecule has 0 saturated heterocycles. The number of rotatable bonds is 9. The molecule has 1 atom stereocenters. The molecule has 0 spiro atoms. The predicted octanol–water partition coefficient (Wildman–Crippen LogP) is 5.71. The third-order valence-corrected chi connectivity index (χ3v) is 5.09. The quantitative estimate of drug-likeness (QED) is 0.425. The summed E-state index contributed by atoms with van der Waals surface area (Å²) >= 11 is 0. The zero-order chi connectivity index (χ0) is 16.6. The average Bonchev–Trinajstić information content (AvgIpc) is 2.60. The number of ether oxygens (including phenoxy) is 1. The third-order valence-electron chi connectivity index (χ3n) is 5.09. The van der Waals surface area contributed by atoms with Crippen molar-refractivity contribution in [3.63, 3.8) is 0 Å². The van der Waals surface area contributed by atoms with E-state index in [9.17, 15) is 0 Å². The van der Waals surface area contributed by atoms with Crippen molar-refractivity contribution in [2.24, 2.45) is 0 Å². The first-order valence-corrected chi connectivity index (χ1v) is 9.35. The molecule has 0 aliphatic heterocycles. The van der Waals surface area contributed by atoms with E-state index in [2.05, 4.69) is 74.9 Å². The van der Waals surface area contributed by atoms with Gasteiger partial charge in [0.25, 0.3) is 0 Å². The molecule has 1 fully saturated rings. The molecule has 0 N–H and O–H groups in total. The van der Waals surface area contributed by atoms with E-state index in [1.54, 1.807) is 0 Å². The molecular formula is C22H28BO. The van der Waals surface area contributed by atoms with Crippen LogP contribution in [0, 0.1) is 0 Å². The third kappa shape index (κ3) is 4.98. The highest BCUT2D eigenvalue weighted by Crippen LogP contribution is 2.34. The monoisotopic (exact) mass is 319 g/mol. The van der Waals surface area contributed by atoms with E-state index in [1.165, 1.54) is 30.4 Å². The summed E-state index contributed by atoms with van der Waals surface area (Å²) in [5.74, 6) is 1.84. The highest BCUT2D eigenvalue weighted by molar-refractivity contribution is 6.39. The van der Waals surface area contributed by atoms with Gasteiger partial charge in [-0.25, -0.2) is 0 Å². The van der Waals surface area contributed by atoms with Gasteiger partial charge in [0.05, 0.1) is 0 Å². The van der Waals surface area contributed by atoms with Crippen LogP contribution < -0.4 is 0 Å². The van der Waals surface area contributed by atoms with Crippen molar-refractivity contribution in [1.29, 1.82) is 0 Å². The predicted molar refractivity (Wildman–Crippen MR) is 103 cm³/mol. The largest absolute Gasteiger partial charge is 0.382 e. The van der Waals surface area contributed by atoms with Crippen molar-refractivity contribution in [2.45, 2.75) is 50.2 Å². The maximum atomic E-state index is 6.01. The van der Waals surface area contributed by atoms with Gasteiger partial charge in [-0.1, -0.05) is 92.7 Å². The molecule has 0 amide bonds. The molecule has 0 aromatic heterocycles. The standard InChI is InChI=1S/C22H28BO/c1-18(23-21-13-8-14-21)17-24-16-15-22(19-9-4-2-5-10-19)20-11-6-3-7-12-20/h2-7,9-12,18,21-22H,8,13-17H2,1H3. The summed E-state index contributed by atoms with van der Waals surface area (Å²) < 4.78 is 6.01. The fourth-order valence-corrected chi connectivity index (χ4v) is 3.52. The summed E-state index contributed by atoms with van der Waals surface area (Å²) in [4.78, 5) is 0. The normalized spacial score (nSPS) is 15.9. The Morgan fingerprint density at radius 3 is 2.04 bits per heavy atom. The molecule has 1 aliphatic rings. The van der Waals surface area contributed by atoms with E-state index < -0.39 is 0 Å². The lowest BCUT2D eigenvalue weighted by Gasteiger charge is -2.27. The van der Waals surface area contributed by atoms with Crippen molar-refractivity contribution >= 4 is 7.28 Å². The summed E-state index contributed by atoms with van der Waals surface area (Å²) in [7, 11) is 2.50. The van der Waals surface area contributed by atoms with Gasteiger partial charge < -0.3 is 4.74 Å². The second kappa shape index (κ2) is 9.08. The van der Waals surface area contributed by atoms with Crippen molar-refractivity contribution < 1.29 is 4.74 Å². The van der Waals surface area contributed by atoms with Gasteiger partial charge in [-0.3, -0.25) is 0 Å². The van der Waals surface area contributed by atoms with Gasteiger partial charge in [-0.05, 0) is 23.4 Å². The lowest BCUT2D eigenvalue weighted by atomic mass is 9.49. The maximum absolute atomic E-state index is 6.01. The van der Waals surface area contributed by atoms with Gasteiger partial charge in [0.15, 0.2) is 0 Å². The molecule has 2 aromatic rings. The van der Waals surface area contributed by atoms with Gasteiger partial charge in [-0.2, -0.15) is 0 Å². The highest BCUT2D eigenvalue weighted by atomic mass is 16.5. The van der Waals surface area contributed by atoms with Crippen LogP contribution in [0.1, 0.15) is 49.7 Å². The molecule has 1 radical (unpaired) electrons. The Morgan fingerprint density at radius 2 is 1.54 bits per heavy atom. The fraction of sp³-hybridized carbons (Fsp3) is 0.455. The molecule has 2 heteroatoms. The van der Waals surface area contributed by atoms with E-state index in [0.29, 0.717) is 11.7 Å². The Balaban J connectivity index is 1.51. The Hall–Kier alpha value is -1.54. The fourth-order valence-electron chi connectivity index (χ4n) is 3.52. The van der Waals surface area contributed by atoms with Gasteiger partial charge in [0.1, 0.15) is 7.28 Å². The van der Waals surface area contributed by atoms with Gasteiger partial charge in [0.2, 0.25) is 0 Å². The van der Waals surface area contributed by atoms with E-state index >= 15 is 0 Å². The first kappa shape index (κ1) is 17.3. The molecule has 125 valence electrons. The highest BCUT2D eigenvalue weighted by Gasteiger charge is 2.21. The Bertz CT molecular complexity index is 540. The molecule has 1 unspecified atom stereocenters. The van der Waals surface area contributed by atoms with E-state index in [-0.39, 0.29) is 0 Å². The lowest BCUT2D eigenvalue weighted by molar-refractivity contribution is 0.129. The second-order valence-corrected chi connectivity index (χ2v) is 7.10. The average molecular weight is 319 g/mol. The van der Waals surface area contributed by atoms with Gasteiger partial charge in [-0.15, -0.1) is 0 Å². The zero-order valence-electron chi connectivity index (χ0n) is 14.7. The molecule has 1 saturated carbocycles. The van der Waals surface area contributed by atoms with Crippen LogP contribution >= 0.6 is 0 Å². The Labute approximate surface area is 147 Å². The van der Waals surface area contributed by atoms with Crippen molar-refractivity contribution in [3.05, 3.63) is 71.8 Å². The van der Waals surface area contributed by atoms with Crippen LogP contribution in [0.5, 0.6) is 0 Å². The molecule has 0 heterocycles. The van der Waals surface area contributed by atoms with E-state index in [0.717, 1.165) is 25.5 Å².